The molecule has 0 saturated heterocycles. The number of hydrogen-bond donors (Lipinski definition) is 4. The highest BCUT2D eigenvalue weighted by atomic mass is 35.5. The van der Waals surface area contributed by atoms with Crippen molar-refractivity contribution in [3.8, 4) is 0 Å². The largest absolute Gasteiger partial charge is 0.490 e. The molecule has 1 aliphatic rings. The van der Waals surface area contributed by atoms with Gasteiger partial charge in [-0.3, -0.25) is 4.79 Å². The molecule has 0 radical (unpaired) electrons. The van der Waals surface area contributed by atoms with Gasteiger partial charge in [-0.25, -0.2) is 4.79 Å². The quantitative estimate of drug-likeness (QED) is 0.433. The number of aromatic nitrogens is 1. The topological polar surface area (TPSA) is 108 Å². The highest BCUT2D eigenvalue weighted by molar-refractivity contribution is 7.23. The minimum Gasteiger partial charge on any atom is -0.475 e. The number of thiophene rings is 1. The monoisotopic (exact) mass is 479 g/mol. The molecule has 1 aromatic carbocycles. The van der Waals surface area contributed by atoms with Gasteiger partial charge in [-0.15, -0.1) is 11.3 Å². The highest BCUT2D eigenvalue weighted by Gasteiger charge is 2.38. The van der Waals surface area contributed by atoms with E-state index in [0.717, 1.165) is 16.7 Å². The average molecular weight is 480 g/mol. The molecule has 2 atom stereocenters. The van der Waals surface area contributed by atoms with Crippen LogP contribution in [0.1, 0.15) is 27.7 Å². The highest BCUT2D eigenvalue weighted by Crippen LogP contribution is 2.39. The van der Waals surface area contributed by atoms with Crippen molar-refractivity contribution in [3.63, 3.8) is 0 Å². The third-order valence-corrected chi connectivity index (χ3v) is 6.40. The fraction of sp³-hybridized carbons (Fsp3) is 0.222. The van der Waals surface area contributed by atoms with E-state index in [4.69, 9.17) is 38.8 Å². The standard InChI is InChI=1S/C16H13Cl2N3OS.C2HF3O2/c17-12-14-11(23-15(12)18)6-10(20-14)16(22)21-9-5-7-3-1-2-4-8(7)13(9)19;3-2(4,5)1(6)7/h1-4,6,9,13,20H,5,19H2,(H,21,22);(H,6,7). The van der Waals surface area contributed by atoms with E-state index in [-0.39, 0.29) is 18.0 Å². The van der Waals surface area contributed by atoms with E-state index >= 15 is 0 Å². The molecule has 2 heterocycles. The van der Waals surface area contributed by atoms with Crippen molar-refractivity contribution >= 4 is 56.6 Å². The number of H-pyrrole nitrogens is 1. The summed E-state index contributed by atoms with van der Waals surface area (Å²) < 4.78 is 33.1. The van der Waals surface area contributed by atoms with Crippen molar-refractivity contribution in [2.75, 3.05) is 0 Å². The van der Waals surface area contributed by atoms with Gasteiger partial charge in [0, 0.05) is 0 Å². The zero-order valence-electron chi connectivity index (χ0n) is 14.9. The SMILES string of the molecule is NC1c2ccccc2CC1NC(=O)c1cc2sc(Cl)c(Cl)c2[nH]1.O=C(O)C(F)(F)F. The molecule has 3 aromatic rings. The van der Waals surface area contributed by atoms with E-state index in [9.17, 15) is 18.0 Å². The van der Waals surface area contributed by atoms with Crippen LogP contribution in [0.4, 0.5) is 13.2 Å². The Hall–Kier alpha value is -2.27. The van der Waals surface area contributed by atoms with Crippen molar-refractivity contribution in [3.05, 3.63) is 56.5 Å². The second-order valence-corrected chi connectivity index (χ2v) is 8.46. The third-order valence-electron chi connectivity index (χ3n) is 4.46. The number of aromatic amines is 1. The van der Waals surface area contributed by atoms with E-state index in [2.05, 4.69) is 10.3 Å². The van der Waals surface area contributed by atoms with Crippen LogP contribution in [0.2, 0.25) is 9.36 Å². The number of nitrogens with two attached hydrogens (primary N) is 1. The van der Waals surface area contributed by atoms with Crippen LogP contribution in [0.5, 0.6) is 0 Å². The van der Waals surface area contributed by atoms with Gasteiger partial charge in [-0.2, -0.15) is 13.2 Å². The van der Waals surface area contributed by atoms with Crippen LogP contribution < -0.4 is 11.1 Å². The Morgan fingerprint density at radius 3 is 2.47 bits per heavy atom. The van der Waals surface area contributed by atoms with E-state index in [1.54, 1.807) is 6.07 Å². The normalized spacial score (nSPS) is 17.9. The Kier molecular flexibility index (Phi) is 6.32. The number of carboxylic acids is 1. The molecule has 1 aliphatic carbocycles. The van der Waals surface area contributed by atoms with Gasteiger partial charge in [0.05, 0.1) is 27.3 Å². The van der Waals surface area contributed by atoms with Gasteiger partial charge in [0.1, 0.15) is 10.0 Å². The summed E-state index contributed by atoms with van der Waals surface area (Å²) in [5.74, 6) is -2.94. The van der Waals surface area contributed by atoms with E-state index in [1.807, 2.05) is 24.3 Å². The van der Waals surface area contributed by atoms with E-state index in [1.165, 1.54) is 16.9 Å². The zero-order chi connectivity index (χ0) is 22.2. The number of carboxylic acid groups (broad SMARTS) is 1. The smallest absolute Gasteiger partial charge is 0.475 e. The molecule has 2 unspecified atom stereocenters. The molecule has 0 aliphatic heterocycles. The number of rotatable bonds is 2. The van der Waals surface area contributed by atoms with Crippen LogP contribution in [0.25, 0.3) is 10.2 Å². The predicted octanol–water partition coefficient (Wildman–Crippen LogP) is 4.52. The van der Waals surface area contributed by atoms with Crippen molar-refractivity contribution in [2.45, 2.75) is 24.7 Å². The van der Waals surface area contributed by atoms with Gasteiger partial charge in [0.25, 0.3) is 5.91 Å². The number of aliphatic carboxylic acids is 1. The molecule has 0 bridgehead atoms. The minimum absolute atomic E-state index is 0.111. The van der Waals surface area contributed by atoms with Crippen molar-refractivity contribution in [1.82, 2.24) is 10.3 Å². The fourth-order valence-corrected chi connectivity index (χ4v) is 4.54. The minimum atomic E-state index is -5.08. The molecule has 0 spiro atoms. The molecular weight excluding hydrogens is 466 g/mol. The summed E-state index contributed by atoms with van der Waals surface area (Å²) in [5, 5.41) is 10.6. The summed E-state index contributed by atoms with van der Waals surface area (Å²) in [5.41, 5.74) is 9.71. The fourth-order valence-electron chi connectivity index (χ4n) is 3.05. The molecular formula is C18H14Cl2F3N3O3S. The predicted molar refractivity (Wildman–Crippen MR) is 108 cm³/mol. The number of halogens is 5. The molecule has 4 rings (SSSR count). The van der Waals surface area contributed by atoms with Crippen molar-refractivity contribution < 1.29 is 27.9 Å². The lowest BCUT2D eigenvalue weighted by molar-refractivity contribution is -0.192. The number of alkyl halides is 3. The number of benzene rings is 1. The molecule has 30 heavy (non-hydrogen) atoms. The summed E-state index contributed by atoms with van der Waals surface area (Å²) in [7, 11) is 0. The Morgan fingerprint density at radius 2 is 1.90 bits per heavy atom. The van der Waals surface area contributed by atoms with Gasteiger partial charge >= 0.3 is 12.1 Å². The number of nitrogens with one attached hydrogen (secondary N) is 2. The number of amides is 1. The summed E-state index contributed by atoms with van der Waals surface area (Å²) in [6.07, 6.45) is -4.34. The average Bonchev–Trinajstić information content (AvgIpc) is 3.30. The van der Waals surface area contributed by atoms with Crippen LogP contribution >= 0.6 is 34.5 Å². The van der Waals surface area contributed by atoms with Gasteiger partial charge in [0.2, 0.25) is 0 Å². The second kappa shape index (κ2) is 8.46. The Bertz CT molecular complexity index is 1110. The first kappa shape index (κ1) is 22.4. The van der Waals surface area contributed by atoms with Gasteiger partial charge in [-0.1, -0.05) is 47.5 Å². The Labute approximate surface area is 181 Å². The second-order valence-electron chi connectivity index (χ2n) is 6.42. The number of carbonyl (C=O) groups excluding carboxylic acids is 1. The molecule has 12 heteroatoms. The third kappa shape index (κ3) is 4.56. The molecule has 6 nitrogen and oxygen atoms in total. The maximum absolute atomic E-state index is 12.5. The number of hydrogen-bond acceptors (Lipinski definition) is 4. The molecule has 0 saturated carbocycles. The first-order chi connectivity index (χ1) is 14.0. The zero-order valence-corrected chi connectivity index (χ0v) is 17.2. The maximum atomic E-state index is 12.5. The first-order valence-corrected chi connectivity index (χ1v) is 9.97. The van der Waals surface area contributed by atoms with Gasteiger partial charge in [-0.05, 0) is 23.6 Å². The summed E-state index contributed by atoms with van der Waals surface area (Å²) in [4.78, 5) is 24.4. The maximum Gasteiger partial charge on any atom is 0.490 e. The van der Waals surface area contributed by atoms with Crippen LogP contribution in [-0.2, 0) is 11.2 Å². The molecule has 2 aromatic heterocycles. The van der Waals surface area contributed by atoms with Crippen LogP contribution in [-0.4, -0.2) is 34.2 Å². The Morgan fingerprint density at radius 1 is 1.27 bits per heavy atom. The van der Waals surface area contributed by atoms with Gasteiger partial charge in [0.15, 0.2) is 0 Å². The van der Waals surface area contributed by atoms with E-state index < -0.39 is 12.1 Å². The number of fused-ring (bicyclic) bond motifs is 2. The lowest BCUT2D eigenvalue weighted by atomic mass is 10.1. The van der Waals surface area contributed by atoms with E-state index in [0.29, 0.717) is 20.6 Å². The van der Waals surface area contributed by atoms with Crippen molar-refractivity contribution in [2.24, 2.45) is 5.73 Å². The van der Waals surface area contributed by atoms with Crippen LogP contribution in [0, 0.1) is 0 Å². The molecule has 5 N–H and O–H groups in total. The molecule has 160 valence electrons. The summed E-state index contributed by atoms with van der Waals surface area (Å²) >= 11 is 13.4. The lowest BCUT2D eigenvalue weighted by Crippen LogP contribution is -2.40. The lowest BCUT2D eigenvalue weighted by Gasteiger charge is -2.17. The van der Waals surface area contributed by atoms with Crippen LogP contribution in [0.15, 0.2) is 30.3 Å². The number of carbonyl (C=O) groups is 2. The first-order valence-electron chi connectivity index (χ1n) is 8.40. The Balaban J connectivity index is 0.000000318. The van der Waals surface area contributed by atoms with Crippen LogP contribution in [0.3, 0.4) is 0 Å². The van der Waals surface area contributed by atoms with Gasteiger partial charge < -0.3 is 21.1 Å². The molecule has 0 fully saturated rings. The molecule has 1 amide bonds. The van der Waals surface area contributed by atoms with Crippen molar-refractivity contribution in [1.29, 1.82) is 0 Å². The summed E-state index contributed by atoms with van der Waals surface area (Å²) in [6, 6.07) is 9.48. The summed E-state index contributed by atoms with van der Waals surface area (Å²) in [6.45, 7) is 0.